The smallest absolute Gasteiger partial charge is 0.394 e. The van der Waals surface area contributed by atoms with Crippen molar-refractivity contribution in [1.29, 1.82) is 0 Å². The van der Waals surface area contributed by atoms with Crippen LogP contribution in [0.3, 0.4) is 0 Å². The second-order valence-electron chi connectivity index (χ2n) is 7.60. The van der Waals surface area contributed by atoms with Crippen LogP contribution in [-0.4, -0.2) is 70.5 Å². The molecule has 0 aliphatic carbocycles. The highest BCUT2D eigenvalue weighted by Gasteiger charge is 2.44. The number of aliphatic hydroxyl groups is 4. The Morgan fingerprint density at radius 3 is 2.28 bits per heavy atom. The third-order valence-electron chi connectivity index (χ3n) is 5.51. The van der Waals surface area contributed by atoms with Crippen molar-refractivity contribution in [1.82, 2.24) is 5.32 Å². The van der Waals surface area contributed by atoms with Crippen molar-refractivity contribution in [2.75, 3.05) is 13.7 Å². The summed E-state index contributed by atoms with van der Waals surface area (Å²) in [6.07, 6.45) is -12.5. The van der Waals surface area contributed by atoms with Crippen molar-refractivity contribution in [3.8, 4) is 11.1 Å². The number of halogens is 3. The van der Waals surface area contributed by atoms with Gasteiger partial charge in [0.2, 0.25) is 0 Å². The predicted molar refractivity (Wildman–Crippen MR) is 108 cm³/mol. The predicted octanol–water partition coefficient (Wildman–Crippen LogP) is 1.12. The molecule has 0 saturated carbocycles. The van der Waals surface area contributed by atoms with Gasteiger partial charge in [-0.2, -0.15) is 13.2 Å². The Labute approximate surface area is 182 Å². The van der Waals surface area contributed by atoms with Crippen LogP contribution >= 0.6 is 0 Å². The van der Waals surface area contributed by atoms with E-state index in [2.05, 4.69) is 5.32 Å². The lowest BCUT2D eigenvalue weighted by Gasteiger charge is -2.40. The molecule has 1 saturated heterocycles. The van der Waals surface area contributed by atoms with Crippen molar-refractivity contribution in [3.63, 3.8) is 0 Å². The van der Waals surface area contributed by atoms with Crippen molar-refractivity contribution in [2.45, 2.75) is 43.1 Å². The van der Waals surface area contributed by atoms with E-state index >= 15 is 0 Å². The molecule has 32 heavy (non-hydrogen) atoms. The van der Waals surface area contributed by atoms with Gasteiger partial charge in [-0.05, 0) is 34.9 Å². The Morgan fingerprint density at radius 2 is 1.66 bits per heavy atom. The topological polar surface area (TPSA) is 119 Å². The monoisotopic (exact) mass is 455 g/mol. The number of alkyl halides is 3. The molecule has 0 radical (unpaired) electrons. The average Bonchev–Trinajstić information content (AvgIpc) is 2.78. The first-order valence-corrected chi connectivity index (χ1v) is 9.90. The fraction of sp³-hybridized carbons (Fsp3) is 0.409. The molecule has 0 aromatic heterocycles. The molecule has 2 aromatic rings. The fourth-order valence-electron chi connectivity index (χ4n) is 3.75. The highest BCUT2D eigenvalue weighted by Crippen LogP contribution is 2.37. The molecule has 10 heteroatoms. The molecule has 5 atom stereocenters. The zero-order valence-electron chi connectivity index (χ0n) is 17.1. The minimum absolute atomic E-state index is 0.187. The summed E-state index contributed by atoms with van der Waals surface area (Å²) in [5, 5.41) is 41.7. The van der Waals surface area contributed by atoms with E-state index < -0.39 is 55.3 Å². The standard InChI is InChI=1S/C22H24F3NO6/c1-26-21(31)14-4-2-3-11(7-14)12-5-6-13(15(8-12)22(23,24)25)9-16-18(28)20(30)19(29)17(10-27)32-16/h2-8,16-20,27-30H,9-10H2,1H3,(H,26,31). The third-order valence-corrected chi connectivity index (χ3v) is 5.51. The molecule has 5 unspecified atom stereocenters. The summed E-state index contributed by atoms with van der Waals surface area (Å²) in [6.45, 7) is -0.672. The van der Waals surface area contributed by atoms with Crippen LogP contribution in [0.4, 0.5) is 13.2 Å². The SMILES string of the molecule is CNC(=O)c1cccc(-c2ccc(CC3OC(CO)C(O)C(O)C3O)c(C(F)(F)F)c2)c1. The van der Waals surface area contributed by atoms with Gasteiger partial charge in [0.25, 0.3) is 5.91 Å². The van der Waals surface area contributed by atoms with E-state index in [4.69, 9.17) is 4.74 Å². The zero-order valence-corrected chi connectivity index (χ0v) is 17.1. The van der Waals surface area contributed by atoms with E-state index in [9.17, 15) is 38.4 Å². The van der Waals surface area contributed by atoms with Gasteiger partial charge in [-0.25, -0.2) is 0 Å². The van der Waals surface area contributed by atoms with Gasteiger partial charge in [-0.15, -0.1) is 0 Å². The van der Waals surface area contributed by atoms with Crippen molar-refractivity contribution >= 4 is 5.91 Å². The molecular weight excluding hydrogens is 431 g/mol. The van der Waals surface area contributed by atoms with Gasteiger partial charge in [-0.1, -0.05) is 24.3 Å². The molecule has 3 rings (SSSR count). The number of aliphatic hydroxyl groups excluding tert-OH is 4. The molecule has 1 aliphatic rings. The minimum Gasteiger partial charge on any atom is -0.394 e. The molecule has 1 heterocycles. The number of amides is 1. The van der Waals surface area contributed by atoms with Crippen molar-refractivity contribution in [2.24, 2.45) is 0 Å². The summed E-state index contributed by atoms with van der Waals surface area (Å²) >= 11 is 0. The zero-order chi connectivity index (χ0) is 23.6. The second-order valence-corrected chi connectivity index (χ2v) is 7.60. The van der Waals surface area contributed by atoms with E-state index in [1.807, 2.05) is 0 Å². The van der Waals surface area contributed by atoms with Gasteiger partial charge in [0.1, 0.15) is 24.4 Å². The number of benzene rings is 2. The van der Waals surface area contributed by atoms with E-state index in [1.54, 1.807) is 18.2 Å². The Morgan fingerprint density at radius 1 is 1.00 bits per heavy atom. The second kappa shape index (κ2) is 9.55. The number of ether oxygens (including phenoxy) is 1. The normalized spacial score (nSPS) is 26.1. The first-order valence-electron chi connectivity index (χ1n) is 9.90. The van der Waals surface area contributed by atoms with Gasteiger partial charge < -0.3 is 30.5 Å². The van der Waals surface area contributed by atoms with E-state index in [-0.39, 0.29) is 17.0 Å². The van der Waals surface area contributed by atoms with Crippen LogP contribution < -0.4 is 5.32 Å². The first-order chi connectivity index (χ1) is 15.1. The molecule has 174 valence electrons. The summed E-state index contributed by atoms with van der Waals surface area (Å²) in [7, 11) is 1.45. The van der Waals surface area contributed by atoms with Crippen molar-refractivity contribution in [3.05, 3.63) is 59.2 Å². The van der Waals surface area contributed by atoms with E-state index in [0.717, 1.165) is 6.07 Å². The number of nitrogens with one attached hydrogen (secondary N) is 1. The molecule has 2 aromatic carbocycles. The third kappa shape index (κ3) is 4.94. The summed E-state index contributed by atoms with van der Waals surface area (Å²) in [4.78, 5) is 11.8. The van der Waals surface area contributed by atoms with Gasteiger partial charge in [0.05, 0.1) is 18.3 Å². The maximum atomic E-state index is 13.8. The lowest BCUT2D eigenvalue weighted by Crippen LogP contribution is -2.59. The van der Waals surface area contributed by atoms with Gasteiger partial charge in [0, 0.05) is 19.0 Å². The lowest BCUT2D eigenvalue weighted by atomic mass is 9.89. The van der Waals surface area contributed by atoms with Crippen LogP contribution in [0.15, 0.2) is 42.5 Å². The summed E-state index contributed by atoms with van der Waals surface area (Å²) in [6, 6.07) is 9.81. The summed E-state index contributed by atoms with van der Waals surface area (Å²) in [5.41, 5.74) is -0.203. The number of hydrogen-bond donors (Lipinski definition) is 5. The first kappa shape index (κ1) is 24.1. The number of carbonyl (C=O) groups excluding carboxylic acids is 1. The largest absolute Gasteiger partial charge is 0.416 e. The van der Waals surface area contributed by atoms with Crippen LogP contribution in [-0.2, 0) is 17.3 Å². The van der Waals surface area contributed by atoms with Crippen LogP contribution in [0.5, 0.6) is 0 Å². The van der Waals surface area contributed by atoms with Gasteiger partial charge in [0.15, 0.2) is 0 Å². The lowest BCUT2D eigenvalue weighted by molar-refractivity contribution is -0.228. The molecule has 7 nitrogen and oxygen atoms in total. The highest BCUT2D eigenvalue weighted by atomic mass is 19.4. The Bertz CT molecular complexity index is 965. The Balaban J connectivity index is 1.96. The molecule has 0 bridgehead atoms. The summed E-state index contributed by atoms with van der Waals surface area (Å²) in [5.74, 6) is -0.373. The Kier molecular flexibility index (Phi) is 7.21. The molecular formula is C22H24F3NO6. The Hall–Kier alpha value is -2.50. The summed E-state index contributed by atoms with van der Waals surface area (Å²) < 4.78 is 46.9. The van der Waals surface area contributed by atoms with Gasteiger partial charge in [-0.3, -0.25) is 4.79 Å². The van der Waals surface area contributed by atoms with E-state index in [1.165, 1.54) is 25.2 Å². The molecule has 1 aliphatic heterocycles. The maximum Gasteiger partial charge on any atom is 0.416 e. The van der Waals surface area contributed by atoms with Crippen LogP contribution in [0.2, 0.25) is 0 Å². The molecule has 1 amide bonds. The number of carbonyl (C=O) groups is 1. The fourth-order valence-corrected chi connectivity index (χ4v) is 3.75. The number of rotatable bonds is 5. The van der Waals surface area contributed by atoms with Crippen molar-refractivity contribution < 1.29 is 43.1 Å². The minimum atomic E-state index is -4.72. The van der Waals surface area contributed by atoms with E-state index in [0.29, 0.717) is 11.1 Å². The molecule has 1 fully saturated rings. The highest BCUT2D eigenvalue weighted by molar-refractivity contribution is 5.95. The average molecular weight is 455 g/mol. The van der Waals surface area contributed by atoms with Crippen LogP contribution in [0.25, 0.3) is 11.1 Å². The van der Waals surface area contributed by atoms with Crippen LogP contribution in [0.1, 0.15) is 21.5 Å². The van der Waals surface area contributed by atoms with Crippen LogP contribution in [0, 0.1) is 0 Å². The molecule has 0 spiro atoms. The maximum absolute atomic E-state index is 13.8. The van der Waals surface area contributed by atoms with Gasteiger partial charge >= 0.3 is 6.18 Å². The quantitative estimate of drug-likeness (QED) is 0.461. The number of hydrogen-bond acceptors (Lipinski definition) is 6. The molecule has 5 N–H and O–H groups in total.